The average Bonchev–Trinajstić information content (AvgIpc) is 2.50. The molecular formula is C14H14BrN3O5S. The van der Waals surface area contributed by atoms with Crippen molar-refractivity contribution in [2.75, 3.05) is 18.5 Å². The van der Waals surface area contributed by atoms with E-state index in [-0.39, 0.29) is 29.4 Å². The second-order valence-corrected chi connectivity index (χ2v) is 7.16. The number of sulfonamides is 1. The van der Waals surface area contributed by atoms with Crippen molar-refractivity contribution in [1.82, 2.24) is 0 Å². The number of nitro benzene ring substituents is 1. The van der Waals surface area contributed by atoms with Crippen molar-refractivity contribution >= 4 is 37.3 Å². The monoisotopic (exact) mass is 415 g/mol. The molecule has 0 saturated heterocycles. The molecule has 0 aromatic heterocycles. The van der Waals surface area contributed by atoms with Crippen molar-refractivity contribution < 1.29 is 18.1 Å². The number of nitrogens with two attached hydrogens (primary N) is 1. The van der Waals surface area contributed by atoms with E-state index in [0.29, 0.717) is 5.75 Å². The van der Waals surface area contributed by atoms with Crippen LogP contribution in [0.2, 0.25) is 0 Å². The van der Waals surface area contributed by atoms with E-state index in [1.54, 1.807) is 12.1 Å². The summed E-state index contributed by atoms with van der Waals surface area (Å²) >= 11 is 3.33. The van der Waals surface area contributed by atoms with Crippen LogP contribution in [0.5, 0.6) is 5.75 Å². The summed E-state index contributed by atoms with van der Waals surface area (Å²) in [7, 11) is -4.10. The molecule has 0 fully saturated rings. The SMILES string of the molecule is NS(=O)(=O)c1cc([N+](=O)[O-])ccc1NCCOc1cccc(Br)c1. The van der Waals surface area contributed by atoms with Crippen LogP contribution in [0.25, 0.3) is 0 Å². The van der Waals surface area contributed by atoms with Crippen molar-refractivity contribution in [2.24, 2.45) is 5.14 Å². The number of halogens is 1. The maximum atomic E-state index is 11.6. The number of benzene rings is 2. The van der Waals surface area contributed by atoms with Crippen LogP contribution >= 0.6 is 15.9 Å². The summed E-state index contributed by atoms with van der Waals surface area (Å²) in [5.74, 6) is 0.654. The van der Waals surface area contributed by atoms with Crippen LogP contribution in [-0.2, 0) is 10.0 Å². The minimum Gasteiger partial charge on any atom is -0.492 e. The first-order valence-electron chi connectivity index (χ1n) is 6.71. The molecule has 0 aliphatic carbocycles. The lowest BCUT2D eigenvalue weighted by molar-refractivity contribution is -0.385. The molecule has 3 N–H and O–H groups in total. The molecule has 8 nitrogen and oxygen atoms in total. The molecule has 2 aromatic rings. The van der Waals surface area contributed by atoms with Crippen molar-refractivity contribution in [3.8, 4) is 5.75 Å². The summed E-state index contributed by atoms with van der Waals surface area (Å²) in [6.07, 6.45) is 0. The van der Waals surface area contributed by atoms with Crippen LogP contribution in [-0.4, -0.2) is 26.5 Å². The molecule has 0 aliphatic heterocycles. The zero-order valence-corrected chi connectivity index (χ0v) is 14.7. The number of nitrogens with zero attached hydrogens (tertiary/aromatic N) is 1. The standard InChI is InChI=1S/C14H14BrN3O5S/c15-10-2-1-3-12(8-10)23-7-6-17-13-5-4-11(18(19)20)9-14(13)24(16,21)22/h1-5,8-9,17H,6-7H2,(H2,16,21,22). The summed E-state index contributed by atoms with van der Waals surface area (Å²) in [5.41, 5.74) is -0.170. The molecule has 0 amide bonds. The van der Waals surface area contributed by atoms with E-state index in [1.807, 2.05) is 12.1 Å². The molecule has 0 aliphatic rings. The number of primary sulfonamides is 1. The molecular weight excluding hydrogens is 402 g/mol. The van der Waals surface area contributed by atoms with Gasteiger partial charge in [-0.2, -0.15) is 0 Å². The van der Waals surface area contributed by atoms with Gasteiger partial charge < -0.3 is 10.1 Å². The van der Waals surface area contributed by atoms with Gasteiger partial charge in [0.05, 0.1) is 10.6 Å². The molecule has 0 unspecified atom stereocenters. The quantitative estimate of drug-likeness (QED) is 0.406. The predicted molar refractivity (Wildman–Crippen MR) is 92.6 cm³/mol. The third kappa shape index (κ3) is 4.91. The first-order chi connectivity index (χ1) is 11.3. The fraction of sp³-hybridized carbons (Fsp3) is 0.143. The number of ether oxygens (including phenoxy) is 1. The van der Waals surface area contributed by atoms with Gasteiger partial charge in [0, 0.05) is 23.2 Å². The maximum absolute atomic E-state index is 11.6. The van der Waals surface area contributed by atoms with E-state index in [1.165, 1.54) is 12.1 Å². The number of hydrogen-bond donors (Lipinski definition) is 2. The van der Waals surface area contributed by atoms with Crippen LogP contribution in [0.3, 0.4) is 0 Å². The number of rotatable bonds is 7. The number of nitrogens with one attached hydrogen (secondary N) is 1. The summed E-state index contributed by atoms with van der Waals surface area (Å²) in [6.45, 7) is 0.546. The van der Waals surface area contributed by atoms with Gasteiger partial charge >= 0.3 is 0 Å². The Hall–Kier alpha value is -2.17. The predicted octanol–water partition coefficient (Wildman–Crippen LogP) is 2.50. The highest BCUT2D eigenvalue weighted by Gasteiger charge is 2.18. The lowest BCUT2D eigenvalue weighted by atomic mass is 10.3. The molecule has 0 saturated carbocycles. The van der Waals surface area contributed by atoms with Crippen LogP contribution < -0.4 is 15.2 Å². The van der Waals surface area contributed by atoms with Crippen molar-refractivity contribution in [2.45, 2.75) is 4.90 Å². The highest BCUT2D eigenvalue weighted by Crippen LogP contribution is 2.25. The Morgan fingerprint density at radius 1 is 1.25 bits per heavy atom. The van der Waals surface area contributed by atoms with E-state index >= 15 is 0 Å². The Morgan fingerprint density at radius 2 is 2.00 bits per heavy atom. The van der Waals surface area contributed by atoms with E-state index in [2.05, 4.69) is 21.2 Å². The number of nitro groups is 1. The van der Waals surface area contributed by atoms with Crippen molar-refractivity contribution in [3.05, 3.63) is 57.1 Å². The van der Waals surface area contributed by atoms with Gasteiger partial charge in [0.25, 0.3) is 5.69 Å². The summed E-state index contributed by atoms with van der Waals surface area (Å²) in [6, 6.07) is 10.7. The first kappa shape index (κ1) is 18.2. The van der Waals surface area contributed by atoms with Gasteiger partial charge in [0.2, 0.25) is 10.0 Å². The van der Waals surface area contributed by atoms with Gasteiger partial charge in [-0.15, -0.1) is 0 Å². The van der Waals surface area contributed by atoms with Gasteiger partial charge in [-0.25, -0.2) is 13.6 Å². The highest BCUT2D eigenvalue weighted by molar-refractivity contribution is 9.10. The fourth-order valence-corrected chi connectivity index (χ4v) is 3.03. The Morgan fingerprint density at radius 3 is 2.62 bits per heavy atom. The summed E-state index contributed by atoms with van der Waals surface area (Å²) < 4.78 is 29.6. The Kier molecular flexibility index (Phi) is 5.75. The first-order valence-corrected chi connectivity index (χ1v) is 9.05. The third-order valence-electron chi connectivity index (χ3n) is 2.96. The van der Waals surface area contributed by atoms with E-state index in [0.717, 1.165) is 10.5 Å². The van der Waals surface area contributed by atoms with Gasteiger partial charge in [-0.05, 0) is 24.3 Å². The number of hydrogen-bond acceptors (Lipinski definition) is 6. The van der Waals surface area contributed by atoms with Gasteiger partial charge in [0.1, 0.15) is 17.3 Å². The summed E-state index contributed by atoms with van der Waals surface area (Å²) in [4.78, 5) is 9.74. The third-order valence-corrected chi connectivity index (χ3v) is 4.41. The molecule has 2 rings (SSSR count). The Labute approximate surface area is 147 Å². The lowest BCUT2D eigenvalue weighted by Gasteiger charge is -2.11. The number of anilines is 1. The van der Waals surface area contributed by atoms with Crippen molar-refractivity contribution in [3.63, 3.8) is 0 Å². The minimum absolute atomic E-state index is 0.181. The van der Waals surface area contributed by atoms with Crippen LogP contribution in [0.1, 0.15) is 0 Å². The second kappa shape index (κ2) is 7.60. The fourth-order valence-electron chi connectivity index (χ4n) is 1.92. The van der Waals surface area contributed by atoms with Crippen LogP contribution in [0.15, 0.2) is 51.8 Å². The molecule has 2 aromatic carbocycles. The topological polar surface area (TPSA) is 125 Å². The van der Waals surface area contributed by atoms with Crippen LogP contribution in [0.4, 0.5) is 11.4 Å². The van der Waals surface area contributed by atoms with E-state index in [9.17, 15) is 18.5 Å². The maximum Gasteiger partial charge on any atom is 0.270 e. The molecule has 0 bridgehead atoms. The van der Waals surface area contributed by atoms with E-state index in [4.69, 9.17) is 9.88 Å². The van der Waals surface area contributed by atoms with E-state index < -0.39 is 14.9 Å². The highest BCUT2D eigenvalue weighted by atomic mass is 79.9. The molecule has 0 radical (unpaired) electrons. The molecule has 0 heterocycles. The Balaban J connectivity index is 2.05. The molecule has 0 spiro atoms. The number of non-ortho nitro benzene ring substituents is 1. The largest absolute Gasteiger partial charge is 0.492 e. The smallest absolute Gasteiger partial charge is 0.270 e. The zero-order valence-electron chi connectivity index (χ0n) is 12.3. The van der Waals surface area contributed by atoms with Gasteiger partial charge in [0.15, 0.2) is 0 Å². The summed E-state index contributed by atoms with van der Waals surface area (Å²) in [5, 5.41) is 18.7. The van der Waals surface area contributed by atoms with Gasteiger partial charge in [-0.3, -0.25) is 10.1 Å². The molecule has 24 heavy (non-hydrogen) atoms. The molecule has 10 heteroatoms. The average molecular weight is 416 g/mol. The Bertz CT molecular complexity index is 857. The van der Waals surface area contributed by atoms with Crippen molar-refractivity contribution in [1.29, 1.82) is 0 Å². The lowest BCUT2D eigenvalue weighted by Crippen LogP contribution is -2.18. The van der Waals surface area contributed by atoms with Crippen LogP contribution in [0, 0.1) is 10.1 Å². The normalized spacial score (nSPS) is 11.1. The minimum atomic E-state index is -4.10. The molecule has 0 atom stereocenters. The molecule has 128 valence electrons. The zero-order chi connectivity index (χ0) is 17.7. The van der Waals surface area contributed by atoms with Gasteiger partial charge in [-0.1, -0.05) is 22.0 Å². The second-order valence-electron chi connectivity index (χ2n) is 4.72.